The number of hydrogen-bond donors (Lipinski definition) is 9. The zero-order valence-corrected chi connectivity index (χ0v) is 46.5. The van der Waals surface area contributed by atoms with E-state index >= 15 is 0 Å². The zero-order chi connectivity index (χ0) is 57.1. The first-order valence-corrected chi connectivity index (χ1v) is 26.0. The lowest BCUT2D eigenvalue weighted by molar-refractivity contribution is -0.145. The first-order chi connectivity index (χ1) is 35.5. The Kier molecular flexibility index (Phi) is 24.6. The molecule has 0 aliphatic carbocycles. The number of urea groups is 1. The fraction of sp³-hybridized carbons (Fsp3) is 0.582. The largest absolute Gasteiger partial charge is 0.481 e. The summed E-state index contributed by atoms with van der Waals surface area (Å²) < 4.78 is 0. The summed E-state index contributed by atoms with van der Waals surface area (Å²) in [4.78, 5) is 126. The number of benzene rings is 2. The molecule has 0 aromatic heterocycles. The van der Waals surface area contributed by atoms with Gasteiger partial charge in [0, 0.05) is 49.2 Å². The number of likely N-dealkylation sites (N-methyl/N-ethyl adjacent to an activating group) is 1. The maximum absolute atomic E-state index is 14.1. The van der Waals surface area contributed by atoms with Crippen LogP contribution in [0.25, 0.3) is 0 Å². The van der Waals surface area contributed by atoms with Crippen molar-refractivity contribution in [2.24, 2.45) is 28.9 Å². The molecule has 0 unspecified atom stereocenters. The van der Waals surface area contributed by atoms with Gasteiger partial charge < -0.3 is 47.6 Å². The molecule has 0 spiro atoms. The van der Waals surface area contributed by atoms with E-state index in [1.807, 2.05) is 97.8 Å². The molecule has 0 saturated carbocycles. The van der Waals surface area contributed by atoms with E-state index in [1.54, 1.807) is 51.1 Å². The highest BCUT2D eigenvalue weighted by Crippen LogP contribution is 2.31. The summed E-state index contributed by atoms with van der Waals surface area (Å²) in [5.74, 6) is -5.22. The molecule has 5 atom stereocenters. The van der Waals surface area contributed by atoms with Crippen molar-refractivity contribution in [1.82, 2.24) is 41.9 Å². The number of carbonyl (C=O) groups excluding carboxylic acids is 8. The van der Waals surface area contributed by atoms with Crippen LogP contribution in [0.15, 0.2) is 66.2 Å². The van der Waals surface area contributed by atoms with E-state index in [0.29, 0.717) is 24.1 Å². The van der Waals surface area contributed by atoms with Crippen molar-refractivity contribution in [2.45, 2.75) is 150 Å². The van der Waals surface area contributed by atoms with Crippen LogP contribution in [0.2, 0.25) is 0 Å². The third-order valence-corrected chi connectivity index (χ3v) is 13.5. The second-order valence-electron chi connectivity index (χ2n) is 22.1. The number of primary amides is 1. The fourth-order valence-corrected chi connectivity index (χ4v) is 8.89. The molecule has 1 saturated heterocycles. The van der Waals surface area contributed by atoms with Crippen molar-refractivity contribution in [3.05, 3.63) is 77.4 Å². The molecule has 0 radical (unpaired) electrons. The average Bonchev–Trinajstić information content (AvgIpc) is 3.34. The predicted octanol–water partition coefficient (Wildman–Crippen LogP) is 3.88. The quantitative estimate of drug-likeness (QED) is 0.0350. The number of nitrogens with one attached hydrogen (secondary N) is 7. The van der Waals surface area contributed by atoms with Crippen LogP contribution >= 0.6 is 0 Å². The summed E-state index contributed by atoms with van der Waals surface area (Å²) in [6.07, 6.45) is 2.35. The van der Waals surface area contributed by atoms with Gasteiger partial charge in [0.2, 0.25) is 35.4 Å². The number of likely N-dealkylation sites (tertiary alicyclic amines) is 1. The second kappa shape index (κ2) is 29.4. The topological polar surface area (TPSA) is 300 Å². The minimum absolute atomic E-state index is 0.0486. The van der Waals surface area contributed by atoms with Crippen molar-refractivity contribution in [1.29, 1.82) is 0 Å². The van der Waals surface area contributed by atoms with Gasteiger partial charge in [0.05, 0.1) is 24.6 Å². The Hall–Kier alpha value is -6.87. The van der Waals surface area contributed by atoms with Gasteiger partial charge in [-0.25, -0.2) is 10.3 Å². The molecule has 2 aromatic rings. The molecule has 9 amide bonds. The number of carbonyl (C=O) groups is 9. The van der Waals surface area contributed by atoms with Crippen LogP contribution in [0.5, 0.6) is 0 Å². The van der Waals surface area contributed by atoms with Crippen molar-refractivity contribution in [3.63, 3.8) is 0 Å². The number of carboxylic acids is 1. The standard InChI is InChI=1S/C55H84N10O11/c1-33(2)41(60-50(71)45(54(6,7)8)62-51(72)46(64(11)12)55(9,10)38-17-14-13-15-18-38)31-35(5)47(68)63-76-32-36-20-22-39(23-21-36)58-48(69)40(19-16-28-57-53(56)75)59-49(70)44(34(3)4)61-42(66)24-25-43(67)65-29-26-37(27-30-65)52(73)74/h13-15,17-18,20-23,31,33-34,37,40-41,44-46H,16,19,24-30,32H2,1-12H3,(H,58,69)(H,59,70)(H,60,71)(H,61,66)(H,62,72)(H,63,68)(H,73,74)(H3,56,57,75)/b35-31+/t40-,41+,44-,45+,46+/m0/s1. The maximum atomic E-state index is 14.1. The molecule has 420 valence electrons. The van der Waals surface area contributed by atoms with Gasteiger partial charge in [-0.3, -0.25) is 48.1 Å². The summed E-state index contributed by atoms with van der Waals surface area (Å²) in [5.41, 5.74) is 8.64. The van der Waals surface area contributed by atoms with Gasteiger partial charge in [-0.15, -0.1) is 0 Å². The van der Waals surface area contributed by atoms with Crippen LogP contribution in [0.3, 0.4) is 0 Å². The monoisotopic (exact) mass is 1060 g/mol. The van der Waals surface area contributed by atoms with Crippen molar-refractivity contribution in [3.8, 4) is 0 Å². The first kappa shape index (κ1) is 63.4. The number of piperidine rings is 1. The van der Waals surface area contributed by atoms with Gasteiger partial charge in [0.15, 0.2) is 0 Å². The van der Waals surface area contributed by atoms with Gasteiger partial charge in [-0.1, -0.05) is 111 Å². The van der Waals surface area contributed by atoms with E-state index in [2.05, 4.69) is 37.4 Å². The molecule has 2 aromatic carbocycles. The highest BCUT2D eigenvalue weighted by Gasteiger charge is 2.42. The van der Waals surface area contributed by atoms with E-state index in [-0.39, 0.29) is 75.2 Å². The van der Waals surface area contributed by atoms with Crippen LogP contribution in [-0.2, 0) is 55.2 Å². The number of hydrogen-bond acceptors (Lipinski definition) is 11. The fourth-order valence-electron chi connectivity index (χ4n) is 8.89. The third-order valence-electron chi connectivity index (χ3n) is 13.5. The van der Waals surface area contributed by atoms with Crippen LogP contribution in [-0.4, -0.2) is 132 Å². The Balaban J connectivity index is 1.61. The number of nitrogens with zero attached hydrogens (tertiary/aromatic N) is 2. The minimum atomic E-state index is -1.10. The number of carboxylic acid groups (broad SMARTS) is 1. The Labute approximate surface area is 448 Å². The predicted molar refractivity (Wildman–Crippen MR) is 289 cm³/mol. The normalized spacial score (nSPS) is 15.4. The lowest BCUT2D eigenvalue weighted by atomic mass is 9.76. The smallest absolute Gasteiger partial charge is 0.312 e. The van der Waals surface area contributed by atoms with Crippen LogP contribution in [0, 0.1) is 23.2 Å². The van der Waals surface area contributed by atoms with Gasteiger partial charge in [-0.05, 0) is 87.2 Å². The number of nitrogens with two attached hydrogens (primary N) is 1. The summed E-state index contributed by atoms with van der Waals surface area (Å²) in [6, 6.07) is 11.3. The SMILES string of the molecule is C/C(=C\[C@@H](NC(=O)[C@@H](NC(=O)[C@@H](N(C)C)C(C)(C)c1ccccc1)C(C)(C)C)C(C)C)C(=O)NOCc1ccc(NC(=O)[C@H](CCCNC(N)=O)NC(=O)[C@@H](NC(=O)CCC(=O)N2CCC(C(=O)O)CC2)C(C)C)cc1. The summed E-state index contributed by atoms with van der Waals surface area (Å²) in [7, 11) is 3.67. The van der Waals surface area contributed by atoms with Crippen molar-refractivity contribution < 1.29 is 53.1 Å². The van der Waals surface area contributed by atoms with Gasteiger partial charge in [0.25, 0.3) is 5.91 Å². The molecular weight excluding hydrogens is 977 g/mol. The maximum Gasteiger partial charge on any atom is 0.312 e. The Morgan fingerprint density at radius 1 is 0.789 bits per heavy atom. The molecule has 0 bridgehead atoms. The van der Waals surface area contributed by atoms with Crippen LogP contribution in [0.1, 0.15) is 119 Å². The summed E-state index contributed by atoms with van der Waals surface area (Å²) >= 11 is 0. The molecule has 1 heterocycles. The number of hydroxylamine groups is 1. The second-order valence-corrected chi connectivity index (χ2v) is 22.1. The third kappa shape index (κ3) is 20.0. The lowest BCUT2D eigenvalue weighted by Crippen LogP contribution is -2.61. The van der Waals surface area contributed by atoms with Crippen LogP contribution < -0.4 is 43.1 Å². The number of amides is 9. The lowest BCUT2D eigenvalue weighted by Gasteiger charge is -2.40. The zero-order valence-electron chi connectivity index (χ0n) is 46.5. The Bertz CT molecular complexity index is 2340. The van der Waals surface area contributed by atoms with Crippen LogP contribution in [0.4, 0.5) is 10.5 Å². The molecular formula is C55H84N10O11. The molecule has 1 aliphatic heterocycles. The minimum Gasteiger partial charge on any atom is -0.481 e. The molecule has 1 aliphatic rings. The summed E-state index contributed by atoms with van der Waals surface area (Å²) in [5, 5.41) is 26.0. The first-order valence-electron chi connectivity index (χ1n) is 26.0. The number of aliphatic carboxylic acids is 1. The molecule has 3 rings (SSSR count). The molecule has 21 heteroatoms. The Morgan fingerprint density at radius 3 is 1.95 bits per heavy atom. The molecule has 10 N–H and O–H groups in total. The van der Waals surface area contributed by atoms with E-state index in [0.717, 1.165) is 5.56 Å². The average molecular weight is 1060 g/mol. The van der Waals surface area contributed by atoms with E-state index in [9.17, 15) is 48.3 Å². The summed E-state index contributed by atoms with van der Waals surface area (Å²) in [6.45, 7) is 19.1. The Morgan fingerprint density at radius 2 is 1.41 bits per heavy atom. The number of rotatable bonds is 27. The van der Waals surface area contributed by atoms with E-state index < -0.39 is 94.4 Å². The molecule has 21 nitrogen and oxygen atoms in total. The van der Waals surface area contributed by atoms with Crippen molar-refractivity contribution >= 4 is 59.0 Å². The van der Waals surface area contributed by atoms with E-state index in [4.69, 9.17) is 10.6 Å². The van der Waals surface area contributed by atoms with Gasteiger partial charge >= 0.3 is 12.0 Å². The van der Waals surface area contributed by atoms with Gasteiger partial charge in [0.1, 0.15) is 18.1 Å². The molecule has 76 heavy (non-hydrogen) atoms. The van der Waals surface area contributed by atoms with Crippen molar-refractivity contribution in [2.75, 3.05) is 39.0 Å². The highest BCUT2D eigenvalue weighted by molar-refractivity contribution is 5.99. The number of anilines is 1. The van der Waals surface area contributed by atoms with Gasteiger partial charge in [-0.2, -0.15) is 0 Å². The van der Waals surface area contributed by atoms with E-state index in [1.165, 1.54) is 4.90 Å². The highest BCUT2D eigenvalue weighted by atomic mass is 16.6. The molecule has 1 fully saturated rings.